The number of fused-ring (bicyclic) bond motifs is 1. The number of nitriles is 1. The average molecular weight is 481 g/mol. The molecule has 0 atom stereocenters. The lowest BCUT2D eigenvalue weighted by Crippen LogP contribution is -2.37. The van der Waals surface area contributed by atoms with Crippen LogP contribution in [0, 0.1) is 11.3 Å². The Morgan fingerprint density at radius 2 is 2.09 bits per heavy atom. The van der Waals surface area contributed by atoms with Gasteiger partial charge in [0.25, 0.3) is 0 Å². The minimum Gasteiger partial charge on any atom is -0.373 e. The van der Waals surface area contributed by atoms with Crippen molar-refractivity contribution in [2.75, 3.05) is 35.4 Å². The lowest BCUT2D eigenvalue weighted by molar-refractivity contribution is 0.601. The summed E-state index contributed by atoms with van der Waals surface area (Å²) < 4.78 is 26.0. The molecule has 1 aromatic carbocycles. The van der Waals surface area contributed by atoms with Gasteiger partial charge in [-0.05, 0) is 49.4 Å². The maximum atomic E-state index is 12.2. The first-order valence-corrected chi connectivity index (χ1v) is 13.3. The lowest BCUT2D eigenvalue weighted by Gasteiger charge is -2.26. The topological polar surface area (TPSA) is 141 Å². The van der Waals surface area contributed by atoms with Crippen molar-refractivity contribution in [2.45, 2.75) is 43.0 Å². The number of anilines is 4. The first-order valence-electron chi connectivity index (χ1n) is 11.3. The van der Waals surface area contributed by atoms with E-state index in [0.29, 0.717) is 40.9 Å². The predicted octanol–water partition coefficient (Wildman–Crippen LogP) is 2.39. The number of aromatic nitrogens is 3. The van der Waals surface area contributed by atoms with Gasteiger partial charge in [0.2, 0.25) is 0 Å². The molecule has 2 saturated carbocycles. The van der Waals surface area contributed by atoms with Gasteiger partial charge in [-0.2, -0.15) is 14.9 Å². The van der Waals surface area contributed by atoms with Gasteiger partial charge in [-0.1, -0.05) is 0 Å². The molecule has 0 bridgehead atoms. The van der Waals surface area contributed by atoms with Crippen LogP contribution in [0.1, 0.15) is 36.8 Å². The Morgan fingerprint density at radius 3 is 2.74 bits per heavy atom. The van der Waals surface area contributed by atoms with Crippen molar-refractivity contribution in [2.24, 2.45) is 5.73 Å². The van der Waals surface area contributed by atoms with E-state index in [9.17, 15) is 13.7 Å². The zero-order chi connectivity index (χ0) is 24.1. The lowest BCUT2D eigenvalue weighted by atomic mass is 10.1. The molecule has 5 rings (SSSR count). The first-order chi connectivity index (χ1) is 16.1. The minimum atomic E-state index is -3.25. The average Bonchev–Trinajstić information content (AvgIpc) is 3.66. The summed E-state index contributed by atoms with van der Waals surface area (Å²) in [5.74, 6) is 1.21. The summed E-state index contributed by atoms with van der Waals surface area (Å²) in [7, 11) is -1.31. The van der Waals surface area contributed by atoms with Crippen molar-refractivity contribution in [3.8, 4) is 6.07 Å². The molecule has 2 aliphatic carbocycles. The molecule has 178 valence electrons. The van der Waals surface area contributed by atoms with Gasteiger partial charge in [0.15, 0.2) is 15.5 Å². The monoisotopic (exact) mass is 480 g/mol. The van der Waals surface area contributed by atoms with Crippen LogP contribution >= 0.6 is 0 Å². The molecule has 2 aromatic heterocycles. The third-order valence-corrected chi connectivity index (χ3v) is 6.98. The van der Waals surface area contributed by atoms with Crippen molar-refractivity contribution < 1.29 is 8.42 Å². The van der Waals surface area contributed by atoms with Crippen LogP contribution in [0.15, 0.2) is 30.5 Å². The summed E-state index contributed by atoms with van der Waals surface area (Å²) in [5, 5.41) is 20.5. The molecule has 0 aliphatic heterocycles. The fraction of sp³-hybridized carbons (Fsp3) is 0.435. The molecule has 0 unspecified atom stereocenters. The molecule has 3 aromatic rings. The van der Waals surface area contributed by atoms with E-state index < -0.39 is 9.84 Å². The van der Waals surface area contributed by atoms with Crippen LogP contribution in [0.3, 0.4) is 0 Å². The van der Waals surface area contributed by atoms with Gasteiger partial charge in [0, 0.05) is 48.9 Å². The summed E-state index contributed by atoms with van der Waals surface area (Å²) in [6, 6.07) is 10.0. The predicted molar refractivity (Wildman–Crippen MR) is 132 cm³/mol. The normalized spacial score (nSPS) is 16.8. The van der Waals surface area contributed by atoms with Crippen LogP contribution in [0.25, 0.3) is 5.65 Å². The molecular formula is C23H28N8O2S. The molecule has 2 aliphatic rings. The van der Waals surface area contributed by atoms with Gasteiger partial charge in [-0.15, -0.1) is 0 Å². The largest absolute Gasteiger partial charge is 0.373 e. The fourth-order valence-electron chi connectivity index (χ4n) is 4.10. The number of nitrogens with one attached hydrogen (secondary N) is 2. The van der Waals surface area contributed by atoms with Crippen LogP contribution in [0.5, 0.6) is 0 Å². The number of rotatable bonds is 9. The second kappa shape index (κ2) is 8.14. The Kier molecular flexibility index (Phi) is 5.37. The van der Waals surface area contributed by atoms with Crippen molar-refractivity contribution in [3.63, 3.8) is 0 Å². The zero-order valence-electron chi connectivity index (χ0n) is 19.2. The van der Waals surface area contributed by atoms with E-state index in [-0.39, 0.29) is 11.3 Å². The molecule has 34 heavy (non-hydrogen) atoms. The van der Waals surface area contributed by atoms with Gasteiger partial charge in [-0.25, -0.2) is 13.4 Å². The van der Waals surface area contributed by atoms with Crippen LogP contribution in [0.4, 0.5) is 23.0 Å². The number of nitrogens with two attached hydrogens (primary N) is 1. The number of hydrogen-bond donors (Lipinski definition) is 3. The van der Waals surface area contributed by atoms with Crippen LogP contribution in [-0.4, -0.2) is 54.4 Å². The molecule has 4 N–H and O–H groups in total. The van der Waals surface area contributed by atoms with Gasteiger partial charge < -0.3 is 21.3 Å². The standard InChI is InChI=1S/C23H28N8O2S/c1-30(14-23(25)7-8-23)19-6-5-18(9-15(19)13-34(2,32)33)27-20-10-21(28-17-3-4-17)31-22(29-20)16(11-24)12-26-31/h5-6,9-10,12,17,28H,3-4,7-8,13-14,25H2,1-2H3,(H,27,29). The third kappa shape index (κ3) is 4.93. The van der Waals surface area contributed by atoms with E-state index >= 15 is 0 Å². The van der Waals surface area contributed by atoms with Crippen molar-refractivity contribution in [1.82, 2.24) is 14.6 Å². The number of nitrogens with zero attached hydrogens (tertiary/aromatic N) is 5. The SMILES string of the molecule is CN(CC1(N)CC1)c1ccc(Nc2cc(NC3CC3)n3ncc(C#N)c3n2)cc1CS(C)(=O)=O. The highest BCUT2D eigenvalue weighted by molar-refractivity contribution is 7.89. The van der Waals surface area contributed by atoms with E-state index in [1.165, 1.54) is 12.5 Å². The molecule has 0 saturated heterocycles. The van der Waals surface area contributed by atoms with Crippen molar-refractivity contribution in [3.05, 3.63) is 41.6 Å². The molecule has 0 radical (unpaired) electrons. The second-order valence-corrected chi connectivity index (χ2v) is 11.7. The maximum Gasteiger partial charge on any atom is 0.177 e. The van der Waals surface area contributed by atoms with Gasteiger partial charge in [-0.3, -0.25) is 0 Å². The zero-order valence-corrected chi connectivity index (χ0v) is 20.1. The van der Waals surface area contributed by atoms with E-state index in [1.807, 2.05) is 36.2 Å². The van der Waals surface area contributed by atoms with Crippen molar-refractivity contribution >= 4 is 38.5 Å². The molecule has 2 fully saturated rings. The highest BCUT2D eigenvalue weighted by atomic mass is 32.2. The number of hydrogen-bond acceptors (Lipinski definition) is 9. The Labute approximate surface area is 198 Å². The minimum absolute atomic E-state index is 0.0814. The molecule has 2 heterocycles. The Balaban J connectivity index is 1.48. The van der Waals surface area contributed by atoms with Gasteiger partial charge in [0.1, 0.15) is 23.3 Å². The van der Waals surface area contributed by atoms with E-state index in [0.717, 1.165) is 37.2 Å². The summed E-state index contributed by atoms with van der Waals surface area (Å²) in [6.45, 7) is 0.670. The summed E-state index contributed by atoms with van der Waals surface area (Å²) in [6.07, 6.45) is 6.87. The Bertz CT molecular complexity index is 1400. The number of likely N-dealkylation sites (N-methyl/N-ethyl adjacent to an activating group) is 1. The summed E-state index contributed by atoms with van der Waals surface area (Å²) in [5.41, 5.74) is 9.18. The quantitative estimate of drug-likeness (QED) is 0.421. The van der Waals surface area contributed by atoms with Crippen LogP contribution in [-0.2, 0) is 15.6 Å². The molecular weight excluding hydrogens is 452 g/mol. The smallest absolute Gasteiger partial charge is 0.177 e. The van der Waals surface area contributed by atoms with Gasteiger partial charge in [0.05, 0.1) is 11.9 Å². The van der Waals surface area contributed by atoms with E-state index in [2.05, 4.69) is 26.8 Å². The Morgan fingerprint density at radius 1 is 1.32 bits per heavy atom. The molecule has 10 nitrogen and oxygen atoms in total. The van der Waals surface area contributed by atoms with E-state index in [1.54, 1.807) is 4.52 Å². The molecule has 0 amide bonds. The number of sulfone groups is 1. The molecule has 11 heteroatoms. The van der Waals surface area contributed by atoms with Crippen LogP contribution in [0.2, 0.25) is 0 Å². The van der Waals surface area contributed by atoms with Crippen LogP contribution < -0.4 is 21.3 Å². The molecule has 0 spiro atoms. The summed E-state index contributed by atoms with van der Waals surface area (Å²) >= 11 is 0. The van der Waals surface area contributed by atoms with E-state index in [4.69, 9.17) is 5.73 Å². The number of benzene rings is 1. The second-order valence-electron chi connectivity index (χ2n) is 9.61. The highest BCUT2D eigenvalue weighted by Gasteiger charge is 2.39. The highest BCUT2D eigenvalue weighted by Crippen LogP contribution is 2.35. The Hall–Kier alpha value is -3.36. The van der Waals surface area contributed by atoms with Crippen molar-refractivity contribution in [1.29, 1.82) is 5.26 Å². The maximum absolute atomic E-state index is 12.2. The first kappa shape index (κ1) is 22.4. The fourth-order valence-corrected chi connectivity index (χ4v) is 4.90. The summed E-state index contributed by atoms with van der Waals surface area (Å²) in [4.78, 5) is 6.62. The third-order valence-electron chi connectivity index (χ3n) is 6.15. The van der Waals surface area contributed by atoms with Gasteiger partial charge >= 0.3 is 0 Å².